The number of hydrogen-bond acceptors (Lipinski definition) is 4. The maximum atomic E-state index is 12.8. The molecule has 0 radical (unpaired) electrons. The monoisotopic (exact) mass is 359 g/mol. The van der Waals surface area contributed by atoms with Crippen molar-refractivity contribution in [3.05, 3.63) is 58.6 Å². The van der Waals surface area contributed by atoms with E-state index >= 15 is 0 Å². The van der Waals surface area contributed by atoms with E-state index in [0.717, 1.165) is 5.69 Å². The number of para-hydroxylation sites is 2. The average molecular weight is 360 g/mol. The van der Waals surface area contributed by atoms with E-state index in [1.807, 2.05) is 17.0 Å². The van der Waals surface area contributed by atoms with Gasteiger partial charge in [-0.1, -0.05) is 23.7 Å². The second-order valence-corrected chi connectivity index (χ2v) is 6.26. The molecule has 130 valence electrons. The molecular weight excluding hydrogens is 342 g/mol. The third-order valence-corrected chi connectivity index (χ3v) is 4.50. The number of piperazine rings is 1. The highest BCUT2D eigenvalue weighted by molar-refractivity contribution is 6.31. The van der Waals surface area contributed by atoms with Gasteiger partial charge in [-0.3, -0.25) is 9.59 Å². The van der Waals surface area contributed by atoms with Crippen LogP contribution in [0.5, 0.6) is 5.75 Å². The van der Waals surface area contributed by atoms with E-state index in [1.54, 1.807) is 23.1 Å². The van der Waals surface area contributed by atoms with Crippen LogP contribution in [0.15, 0.2) is 42.5 Å². The fourth-order valence-corrected chi connectivity index (χ4v) is 3.13. The minimum atomic E-state index is -0.682. The molecule has 0 bridgehead atoms. The van der Waals surface area contributed by atoms with Crippen molar-refractivity contribution in [3.8, 4) is 5.75 Å². The van der Waals surface area contributed by atoms with Crippen molar-refractivity contribution >= 4 is 29.1 Å². The molecule has 0 aromatic heterocycles. The summed E-state index contributed by atoms with van der Waals surface area (Å²) in [6.45, 7) is 2.13. The normalized spacial score (nSPS) is 14.4. The molecule has 0 atom stereocenters. The molecule has 3 rings (SSSR count). The van der Waals surface area contributed by atoms with E-state index < -0.39 is 5.91 Å². The molecule has 6 nitrogen and oxygen atoms in total. The first-order valence-electron chi connectivity index (χ1n) is 7.89. The number of phenolic OH excluding ortho intramolecular Hbond substituents is 1. The number of carbonyl (C=O) groups is 2. The number of nitrogens with two attached hydrogens (primary N) is 1. The lowest BCUT2D eigenvalue weighted by molar-refractivity contribution is 0.0741. The Bertz CT molecular complexity index is 817. The van der Waals surface area contributed by atoms with Gasteiger partial charge in [0, 0.05) is 31.2 Å². The van der Waals surface area contributed by atoms with E-state index in [1.165, 1.54) is 12.1 Å². The first-order chi connectivity index (χ1) is 12.0. The second-order valence-electron chi connectivity index (χ2n) is 5.82. The Morgan fingerprint density at radius 1 is 1.00 bits per heavy atom. The molecule has 3 N–H and O–H groups in total. The summed E-state index contributed by atoms with van der Waals surface area (Å²) in [4.78, 5) is 28.0. The molecule has 0 saturated carbocycles. The highest BCUT2D eigenvalue weighted by Gasteiger charge is 2.26. The molecule has 2 aromatic carbocycles. The highest BCUT2D eigenvalue weighted by Crippen LogP contribution is 2.27. The maximum Gasteiger partial charge on any atom is 0.254 e. The Hall–Kier alpha value is -2.73. The summed E-state index contributed by atoms with van der Waals surface area (Å²) >= 11 is 5.89. The van der Waals surface area contributed by atoms with E-state index in [2.05, 4.69) is 0 Å². The molecule has 1 aliphatic heterocycles. The van der Waals surface area contributed by atoms with E-state index in [0.29, 0.717) is 31.2 Å². The summed E-state index contributed by atoms with van der Waals surface area (Å²) in [5.41, 5.74) is 6.49. The van der Waals surface area contributed by atoms with Gasteiger partial charge in [0.1, 0.15) is 5.75 Å². The van der Waals surface area contributed by atoms with Crippen molar-refractivity contribution in [2.45, 2.75) is 0 Å². The van der Waals surface area contributed by atoms with Gasteiger partial charge in [-0.15, -0.1) is 0 Å². The quantitative estimate of drug-likeness (QED) is 0.878. The molecule has 7 heteroatoms. The predicted octanol–water partition coefficient (Wildman–Crippen LogP) is 2.11. The summed E-state index contributed by atoms with van der Waals surface area (Å²) in [6.07, 6.45) is 0. The smallest absolute Gasteiger partial charge is 0.254 e. The number of hydrogen-bond donors (Lipinski definition) is 2. The number of aromatic hydroxyl groups is 1. The molecule has 2 amide bonds. The molecule has 2 aromatic rings. The molecule has 0 unspecified atom stereocenters. The summed E-state index contributed by atoms with van der Waals surface area (Å²) in [5.74, 6) is -0.711. The summed E-state index contributed by atoms with van der Waals surface area (Å²) in [6, 6.07) is 11.6. The Kier molecular flexibility index (Phi) is 4.81. The number of primary amides is 1. The van der Waals surface area contributed by atoms with E-state index in [9.17, 15) is 14.7 Å². The molecule has 0 aliphatic carbocycles. The highest BCUT2D eigenvalue weighted by atomic mass is 35.5. The largest absolute Gasteiger partial charge is 0.506 e. The van der Waals surface area contributed by atoms with Crippen molar-refractivity contribution < 1.29 is 14.7 Å². The molecule has 25 heavy (non-hydrogen) atoms. The Labute approximate surface area is 150 Å². The predicted molar refractivity (Wildman–Crippen MR) is 96.2 cm³/mol. The van der Waals surface area contributed by atoms with E-state index in [-0.39, 0.29) is 22.8 Å². The van der Waals surface area contributed by atoms with E-state index in [4.69, 9.17) is 17.3 Å². The zero-order valence-corrected chi connectivity index (χ0v) is 14.2. The van der Waals surface area contributed by atoms with Crippen molar-refractivity contribution in [3.63, 3.8) is 0 Å². The van der Waals surface area contributed by atoms with Gasteiger partial charge in [0.2, 0.25) is 5.91 Å². The number of halogens is 1. The Morgan fingerprint density at radius 2 is 1.68 bits per heavy atom. The van der Waals surface area contributed by atoms with Crippen LogP contribution in [0.3, 0.4) is 0 Å². The van der Waals surface area contributed by atoms with Crippen molar-refractivity contribution in [1.29, 1.82) is 0 Å². The van der Waals surface area contributed by atoms with Gasteiger partial charge < -0.3 is 20.6 Å². The van der Waals surface area contributed by atoms with Crippen LogP contribution >= 0.6 is 11.6 Å². The number of benzene rings is 2. The summed E-state index contributed by atoms with van der Waals surface area (Å²) in [5, 5.41) is 10.3. The molecule has 1 heterocycles. The zero-order chi connectivity index (χ0) is 18.0. The van der Waals surface area contributed by atoms with Crippen LogP contribution in [-0.2, 0) is 0 Å². The molecule has 1 fully saturated rings. The summed E-state index contributed by atoms with van der Waals surface area (Å²) < 4.78 is 0. The lowest BCUT2D eigenvalue weighted by Gasteiger charge is -2.36. The fraction of sp³-hybridized carbons (Fsp3) is 0.222. The van der Waals surface area contributed by atoms with Crippen molar-refractivity contribution in [1.82, 2.24) is 4.90 Å². The molecule has 0 spiro atoms. The number of carbonyl (C=O) groups excluding carboxylic acids is 2. The van der Waals surface area contributed by atoms with Gasteiger partial charge in [-0.2, -0.15) is 0 Å². The minimum absolute atomic E-state index is 0.126. The van der Waals surface area contributed by atoms with Gasteiger partial charge >= 0.3 is 0 Å². The zero-order valence-electron chi connectivity index (χ0n) is 13.5. The van der Waals surface area contributed by atoms with Crippen LogP contribution in [-0.4, -0.2) is 48.0 Å². The minimum Gasteiger partial charge on any atom is -0.506 e. The average Bonchev–Trinajstić information content (AvgIpc) is 2.61. The number of phenols is 1. The topological polar surface area (TPSA) is 86.9 Å². The standard InChI is InChI=1S/C18H18ClN3O3/c19-12-5-6-13(14(11-12)17(20)24)18(25)22-9-7-21(8-10-22)15-3-1-2-4-16(15)23/h1-6,11,23H,7-10H2,(H2,20,24). The molecule has 1 aliphatic rings. The lowest BCUT2D eigenvalue weighted by atomic mass is 10.1. The summed E-state index contributed by atoms with van der Waals surface area (Å²) in [7, 11) is 0. The van der Waals surface area contributed by atoms with Crippen LogP contribution in [0.4, 0.5) is 5.69 Å². The Morgan fingerprint density at radius 3 is 2.32 bits per heavy atom. The van der Waals surface area contributed by atoms with Gasteiger partial charge in [-0.25, -0.2) is 0 Å². The van der Waals surface area contributed by atoms with Crippen LogP contribution in [0.2, 0.25) is 5.02 Å². The van der Waals surface area contributed by atoms with Crippen LogP contribution in [0, 0.1) is 0 Å². The second kappa shape index (κ2) is 7.03. The van der Waals surface area contributed by atoms with Crippen LogP contribution < -0.4 is 10.6 Å². The number of nitrogens with zero attached hydrogens (tertiary/aromatic N) is 2. The van der Waals surface area contributed by atoms with Gasteiger partial charge in [0.05, 0.1) is 16.8 Å². The molecular formula is C18H18ClN3O3. The number of rotatable bonds is 3. The molecule has 1 saturated heterocycles. The number of anilines is 1. The third-order valence-electron chi connectivity index (χ3n) is 4.27. The van der Waals surface area contributed by atoms with Crippen molar-refractivity contribution in [2.75, 3.05) is 31.1 Å². The fourth-order valence-electron chi connectivity index (χ4n) is 2.96. The van der Waals surface area contributed by atoms with Gasteiger partial charge in [-0.05, 0) is 30.3 Å². The maximum absolute atomic E-state index is 12.8. The SMILES string of the molecule is NC(=O)c1cc(Cl)ccc1C(=O)N1CCN(c2ccccc2O)CC1. The first-order valence-corrected chi connectivity index (χ1v) is 8.26. The lowest BCUT2D eigenvalue weighted by Crippen LogP contribution is -2.49. The van der Waals surface area contributed by atoms with Crippen LogP contribution in [0.25, 0.3) is 0 Å². The van der Waals surface area contributed by atoms with Crippen molar-refractivity contribution in [2.24, 2.45) is 5.73 Å². The number of amides is 2. The van der Waals surface area contributed by atoms with Crippen LogP contribution in [0.1, 0.15) is 20.7 Å². The third kappa shape index (κ3) is 3.53. The van der Waals surface area contributed by atoms with Gasteiger partial charge in [0.15, 0.2) is 0 Å². The Balaban J connectivity index is 1.74. The van der Waals surface area contributed by atoms with Gasteiger partial charge in [0.25, 0.3) is 5.91 Å². The first kappa shape index (κ1) is 17.1.